The third-order valence-corrected chi connectivity index (χ3v) is 3.50. The number of anilines is 2. The minimum atomic E-state index is -2.62. The topological polar surface area (TPSA) is 55.6 Å². The molecule has 22 heavy (non-hydrogen) atoms. The maximum atomic E-state index is 13.3. The summed E-state index contributed by atoms with van der Waals surface area (Å²) in [6.07, 6.45) is -0.411. The number of esters is 1. The van der Waals surface area contributed by atoms with Gasteiger partial charge in [0.15, 0.2) is 0 Å². The van der Waals surface area contributed by atoms with Crippen LogP contribution < -0.4 is 10.6 Å². The molecule has 1 heterocycles. The molecular formula is C16H22F2N2O2. The number of alkyl halides is 2. The molecule has 0 spiro atoms. The molecule has 1 aromatic carbocycles. The predicted octanol–water partition coefficient (Wildman–Crippen LogP) is 3.46. The first-order chi connectivity index (χ1) is 10.1. The number of ether oxygens (including phenoxy) is 1. The summed E-state index contributed by atoms with van der Waals surface area (Å²) >= 11 is 0. The van der Waals surface area contributed by atoms with E-state index in [1.807, 2.05) is 0 Å². The van der Waals surface area contributed by atoms with E-state index >= 15 is 0 Å². The van der Waals surface area contributed by atoms with Crippen molar-refractivity contribution in [1.82, 2.24) is 0 Å². The Bertz CT molecular complexity index is 558. The molecular weight excluding hydrogens is 290 g/mol. The van der Waals surface area contributed by atoms with Crippen LogP contribution in [-0.2, 0) is 4.74 Å². The van der Waals surface area contributed by atoms with Crippen molar-refractivity contribution in [2.45, 2.75) is 45.1 Å². The summed E-state index contributed by atoms with van der Waals surface area (Å²) in [5.41, 5.74) is 6.79. The van der Waals surface area contributed by atoms with Crippen molar-refractivity contribution in [3.8, 4) is 0 Å². The van der Waals surface area contributed by atoms with Gasteiger partial charge in [-0.2, -0.15) is 0 Å². The van der Waals surface area contributed by atoms with Crippen LogP contribution in [0.25, 0.3) is 0 Å². The second kappa shape index (κ2) is 5.74. The van der Waals surface area contributed by atoms with Crippen molar-refractivity contribution in [3.05, 3.63) is 23.8 Å². The fourth-order valence-corrected chi connectivity index (χ4v) is 2.36. The van der Waals surface area contributed by atoms with Crippen molar-refractivity contribution >= 4 is 17.3 Å². The molecule has 1 fully saturated rings. The molecule has 0 atom stereocenters. The van der Waals surface area contributed by atoms with Crippen LogP contribution in [0.15, 0.2) is 18.2 Å². The Morgan fingerprint density at radius 2 is 1.86 bits per heavy atom. The van der Waals surface area contributed by atoms with E-state index in [1.165, 1.54) is 0 Å². The monoisotopic (exact) mass is 312 g/mol. The third-order valence-electron chi connectivity index (χ3n) is 3.50. The summed E-state index contributed by atoms with van der Waals surface area (Å²) in [5.74, 6) is -3.07. The van der Waals surface area contributed by atoms with E-state index in [0.29, 0.717) is 16.9 Å². The lowest BCUT2D eigenvalue weighted by atomic mass is 10.0. The van der Waals surface area contributed by atoms with Crippen molar-refractivity contribution in [3.63, 3.8) is 0 Å². The zero-order valence-corrected chi connectivity index (χ0v) is 13.2. The Labute approximate surface area is 129 Å². The summed E-state index contributed by atoms with van der Waals surface area (Å²) < 4.78 is 31.8. The fourth-order valence-electron chi connectivity index (χ4n) is 2.36. The predicted molar refractivity (Wildman–Crippen MR) is 82.4 cm³/mol. The normalized spacial score (nSPS) is 18.1. The minimum Gasteiger partial charge on any atom is -0.456 e. The lowest BCUT2D eigenvalue weighted by Crippen LogP contribution is -2.39. The van der Waals surface area contributed by atoms with E-state index in [9.17, 15) is 13.6 Å². The molecule has 6 heteroatoms. The van der Waals surface area contributed by atoms with Crippen LogP contribution >= 0.6 is 0 Å². The number of benzene rings is 1. The smallest absolute Gasteiger partial charge is 0.338 e. The molecule has 0 bridgehead atoms. The first-order valence-electron chi connectivity index (χ1n) is 7.33. The summed E-state index contributed by atoms with van der Waals surface area (Å²) in [7, 11) is 0. The van der Waals surface area contributed by atoms with Gasteiger partial charge < -0.3 is 15.4 Å². The quantitative estimate of drug-likeness (QED) is 0.671. The number of hydrogen-bond donors (Lipinski definition) is 1. The van der Waals surface area contributed by atoms with Gasteiger partial charge in [0.25, 0.3) is 5.92 Å². The van der Waals surface area contributed by atoms with E-state index in [4.69, 9.17) is 10.5 Å². The van der Waals surface area contributed by atoms with Gasteiger partial charge in [0.05, 0.1) is 16.9 Å². The van der Waals surface area contributed by atoms with Crippen LogP contribution in [0.5, 0.6) is 0 Å². The molecule has 0 unspecified atom stereocenters. The van der Waals surface area contributed by atoms with Crippen LogP contribution in [-0.4, -0.2) is 30.6 Å². The van der Waals surface area contributed by atoms with Crippen molar-refractivity contribution < 1.29 is 18.3 Å². The number of nitrogens with zero attached hydrogens (tertiary/aromatic N) is 1. The van der Waals surface area contributed by atoms with Crippen LogP contribution in [0.2, 0.25) is 0 Å². The number of rotatable bonds is 2. The molecule has 2 rings (SSSR count). The van der Waals surface area contributed by atoms with Crippen LogP contribution in [0.1, 0.15) is 44.0 Å². The van der Waals surface area contributed by atoms with E-state index in [1.54, 1.807) is 43.9 Å². The first kappa shape index (κ1) is 16.5. The maximum Gasteiger partial charge on any atom is 0.338 e. The SMILES string of the molecule is CC(C)(C)OC(=O)c1ccc(N)c(N2CCC(F)(F)CC2)c1. The van der Waals surface area contributed by atoms with Gasteiger partial charge in [-0.25, -0.2) is 13.6 Å². The Morgan fingerprint density at radius 1 is 1.27 bits per heavy atom. The zero-order valence-electron chi connectivity index (χ0n) is 13.2. The highest BCUT2D eigenvalue weighted by Crippen LogP contribution is 2.33. The first-order valence-corrected chi connectivity index (χ1v) is 7.33. The Hall–Kier alpha value is -1.85. The molecule has 0 amide bonds. The zero-order chi connectivity index (χ0) is 16.5. The van der Waals surface area contributed by atoms with Gasteiger partial charge in [-0.1, -0.05) is 0 Å². The highest BCUT2D eigenvalue weighted by atomic mass is 19.3. The lowest BCUT2D eigenvalue weighted by molar-refractivity contribution is -0.0220. The standard InChI is InChI=1S/C16H22F2N2O2/c1-15(2,3)22-14(21)11-4-5-12(19)13(10-11)20-8-6-16(17,18)7-9-20/h4-5,10H,6-9,19H2,1-3H3. The highest BCUT2D eigenvalue weighted by Gasteiger charge is 2.34. The lowest BCUT2D eigenvalue weighted by Gasteiger charge is -2.34. The number of nitrogen functional groups attached to an aromatic ring is 1. The fraction of sp³-hybridized carbons (Fsp3) is 0.562. The average molecular weight is 312 g/mol. The number of halogens is 2. The summed E-state index contributed by atoms with van der Waals surface area (Å²) in [5, 5.41) is 0. The second-order valence-corrected chi connectivity index (χ2v) is 6.62. The van der Waals surface area contributed by atoms with Gasteiger partial charge >= 0.3 is 5.97 Å². The number of nitrogens with two attached hydrogens (primary N) is 1. The molecule has 2 N–H and O–H groups in total. The molecule has 1 aliphatic rings. The molecule has 1 aliphatic heterocycles. The van der Waals surface area contributed by atoms with Gasteiger partial charge in [-0.05, 0) is 39.0 Å². The Morgan fingerprint density at radius 3 is 2.41 bits per heavy atom. The van der Waals surface area contributed by atoms with Gasteiger partial charge in [-0.3, -0.25) is 0 Å². The second-order valence-electron chi connectivity index (χ2n) is 6.62. The van der Waals surface area contributed by atoms with E-state index in [0.717, 1.165) is 0 Å². The molecule has 122 valence electrons. The van der Waals surface area contributed by atoms with Crippen molar-refractivity contribution in [2.75, 3.05) is 23.7 Å². The molecule has 0 saturated carbocycles. The molecule has 0 aliphatic carbocycles. The van der Waals surface area contributed by atoms with E-state index < -0.39 is 17.5 Å². The maximum absolute atomic E-state index is 13.3. The summed E-state index contributed by atoms with van der Waals surface area (Å²) in [6, 6.07) is 4.82. The van der Waals surface area contributed by atoms with Crippen molar-refractivity contribution in [2.24, 2.45) is 0 Å². The number of piperidine rings is 1. The number of carbonyl (C=O) groups excluding carboxylic acids is 1. The van der Waals surface area contributed by atoms with Crippen LogP contribution in [0.4, 0.5) is 20.2 Å². The molecule has 1 saturated heterocycles. The highest BCUT2D eigenvalue weighted by molar-refractivity contribution is 5.92. The minimum absolute atomic E-state index is 0.205. The largest absolute Gasteiger partial charge is 0.456 e. The van der Waals surface area contributed by atoms with Crippen molar-refractivity contribution in [1.29, 1.82) is 0 Å². The Kier molecular flexibility index (Phi) is 4.31. The molecule has 0 aromatic heterocycles. The Balaban J connectivity index is 2.19. The molecule has 0 radical (unpaired) electrons. The molecule has 1 aromatic rings. The van der Waals surface area contributed by atoms with Gasteiger partial charge in [-0.15, -0.1) is 0 Å². The van der Waals surface area contributed by atoms with E-state index in [2.05, 4.69) is 0 Å². The van der Waals surface area contributed by atoms with Gasteiger partial charge in [0, 0.05) is 25.9 Å². The van der Waals surface area contributed by atoms with Gasteiger partial charge in [0.2, 0.25) is 0 Å². The number of carbonyl (C=O) groups is 1. The van der Waals surface area contributed by atoms with E-state index in [-0.39, 0.29) is 25.9 Å². The van der Waals surface area contributed by atoms with Gasteiger partial charge in [0.1, 0.15) is 5.60 Å². The number of hydrogen-bond acceptors (Lipinski definition) is 4. The summed E-state index contributed by atoms with van der Waals surface area (Å²) in [4.78, 5) is 13.9. The van der Waals surface area contributed by atoms with Crippen LogP contribution in [0, 0.1) is 0 Å². The molecule has 4 nitrogen and oxygen atoms in total. The third kappa shape index (κ3) is 4.08. The van der Waals surface area contributed by atoms with Crippen LogP contribution in [0.3, 0.4) is 0 Å². The summed E-state index contributed by atoms with van der Waals surface area (Å²) in [6.45, 7) is 5.80. The average Bonchev–Trinajstić information content (AvgIpc) is 2.37.